The Morgan fingerprint density at radius 3 is 2.37 bits per heavy atom. The molecule has 1 aliphatic carbocycles. The van der Waals surface area contributed by atoms with Gasteiger partial charge in [-0.25, -0.2) is 9.69 Å². The number of imide groups is 1. The number of carbonyl (C=O) groups excluding carboxylic acids is 2. The van der Waals surface area contributed by atoms with Crippen molar-refractivity contribution in [2.24, 2.45) is 0 Å². The predicted molar refractivity (Wildman–Crippen MR) is 102 cm³/mol. The van der Waals surface area contributed by atoms with Crippen molar-refractivity contribution in [2.45, 2.75) is 51.1 Å². The van der Waals surface area contributed by atoms with Gasteiger partial charge >= 0.3 is 12.4 Å². The van der Waals surface area contributed by atoms with E-state index in [1.807, 2.05) is 19.9 Å². The number of hydrogen-bond acceptors (Lipinski definition) is 4. The maximum atomic E-state index is 13.2. The zero-order valence-corrected chi connectivity index (χ0v) is 16.4. The van der Waals surface area contributed by atoms with Crippen molar-refractivity contribution in [3.63, 3.8) is 0 Å². The Labute approximate surface area is 171 Å². The van der Waals surface area contributed by atoms with Crippen molar-refractivity contribution < 1.29 is 27.5 Å². The van der Waals surface area contributed by atoms with Gasteiger partial charge in [0.05, 0.1) is 5.69 Å². The Morgan fingerprint density at radius 1 is 1.13 bits per heavy atom. The minimum absolute atomic E-state index is 0.203. The lowest BCUT2D eigenvalue weighted by Crippen LogP contribution is -2.36. The van der Waals surface area contributed by atoms with Crippen LogP contribution in [-0.2, 0) is 11.3 Å². The van der Waals surface area contributed by atoms with Crippen LogP contribution in [0.1, 0.15) is 43.7 Å². The van der Waals surface area contributed by atoms with Gasteiger partial charge in [-0.3, -0.25) is 9.78 Å². The topological polar surface area (TPSA) is 62.7 Å². The van der Waals surface area contributed by atoms with Gasteiger partial charge in [0, 0.05) is 18.9 Å². The summed E-state index contributed by atoms with van der Waals surface area (Å²) < 4.78 is 41.0. The summed E-state index contributed by atoms with van der Waals surface area (Å²) in [6.45, 7) is 4.33. The number of alkyl halides is 3. The molecule has 1 aromatic carbocycles. The number of anilines is 1. The molecule has 2 fully saturated rings. The summed E-state index contributed by atoms with van der Waals surface area (Å²) in [5.74, 6) is -0.562. The van der Waals surface area contributed by atoms with Crippen LogP contribution in [0, 0.1) is 0 Å². The normalized spacial score (nSPS) is 17.9. The van der Waals surface area contributed by atoms with Crippen LogP contribution in [0.15, 0.2) is 42.7 Å². The van der Waals surface area contributed by atoms with Gasteiger partial charge in [-0.05, 0) is 60.2 Å². The first-order valence-electron chi connectivity index (χ1n) is 9.57. The number of aromatic nitrogens is 1. The molecule has 0 N–H and O–H groups in total. The van der Waals surface area contributed by atoms with Crippen LogP contribution >= 0.6 is 0 Å². The molecule has 1 aromatic heterocycles. The minimum Gasteiger partial charge on any atom is -0.406 e. The molecule has 0 radical (unpaired) electrons. The Kier molecular flexibility index (Phi) is 4.71. The van der Waals surface area contributed by atoms with Gasteiger partial charge in [0.25, 0.3) is 5.91 Å². The minimum atomic E-state index is -4.81. The Bertz CT molecular complexity index is 985. The van der Waals surface area contributed by atoms with Gasteiger partial charge in [0.15, 0.2) is 0 Å². The largest absolute Gasteiger partial charge is 0.573 e. The van der Waals surface area contributed by atoms with E-state index in [0.717, 1.165) is 28.2 Å². The number of carbonyl (C=O) groups is 2. The van der Waals surface area contributed by atoms with E-state index >= 15 is 0 Å². The zero-order chi connectivity index (χ0) is 21.7. The van der Waals surface area contributed by atoms with Gasteiger partial charge in [-0.1, -0.05) is 13.8 Å². The smallest absolute Gasteiger partial charge is 0.406 e. The Hall–Kier alpha value is -3.10. The SMILES string of the molecule is CC(C)c1cnccc1CN1C(=O)N(c2ccc(OC(F)(F)F)cc2)C(=O)C12CC2. The fourth-order valence-electron chi connectivity index (χ4n) is 3.83. The molecule has 158 valence electrons. The van der Waals surface area contributed by atoms with Crippen LogP contribution in [0.4, 0.5) is 23.7 Å². The van der Waals surface area contributed by atoms with E-state index in [0.29, 0.717) is 12.8 Å². The molecule has 1 aliphatic heterocycles. The fraction of sp³-hybridized carbons (Fsp3) is 0.381. The highest BCUT2D eigenvalue weighted by molar-refractivity contribution is 6.24. The predicted octanol–water partition coefficient (Wildman–Crippen LogP) is 4.61. The van der Waals surface area contributed by atoms with Gasteiger partial charge in [-0.15, -0.1) is 13.2 Å². The monoisotopic (exact) mass is 419 g/mol. The van der Waals surface area contributed by atoms with E-state index in [2.05, 4.69) is 9.72 Å². The van der Waals surface area contributed by atoms with Crippen LogP contribution in [0.3, 0.4) is 0 Å². The standard InChI is InChI=1S/C21H20F3N3O3/c1-13(2)17-11-25-10-7-14(17)12-26-19(29)27(18(28)20(26)8-9-20)15-3-5-16(6-4-15)30-21(22,23)24/h3-7,10-11,13H,8-9,12H2,1-2H3. The molecule has 2 heterocycles. The quantitative estimate of drug-likeness (QED) is 0.665. The summed E-state index contributed by atoms with van der Waals surface area (Å²) >= 11 is 0. The van der Waals surface area contributed by atoms with Crippen LogP contribution in [0.2, 0.25) is 0 Å². The number of pyridine rings is 1. The molecule has 1 saturated carbocycles. The second-order valence-corrected chi connectivity index (χ2v) is 7.81. The number of benzene rings is 1. The number of ether oxygens (including phenoxy) is 1. The lowest BCUT2D eigenvalue weighted by Gasteiger charge is -2.23. The molecule has 3 amide bonds. The molecule has 2 aromatic rings. The second-order valence-electron chi connectivity index (χ2n) is 7.81. The van der Waals surface area contributed by atoms with Crippen molar-refractivity contribution in [3.8, 4) is 5.75 Å². The van der Waals surface area contributed by atoms with Crippen molar-refractivity contribution in [1.29, 1.82) is 0 Å². The van der Waals surface area contributed by atoms with Crippen molar-refractivity contribution in [1.82, 2.24) is 9.88 Å². The number of urea groups is 1. The van der Waals surface area contributed by atoms with Crippen LogP contribution in [0.25, 0.3) is 0 Å². The molecule has 0 unspecified atom stereocenters. The van der Waals surface area contributed by atoms with Crippen LogP contribution in [-0.4, -0.2) is 33.7 Å². The lowest BCUT2D eigenvalue weighted by atomic mass is 9.99. The lowest BCUT2D eigenvalue weighted by molar-refractivity contribution is -0.274. The Morgan fingerprint density at radius 2 is 1.80 bits per heavy atom. The van der Waals surface area contributed by atoms with Crippen molar-refractivity contribution in [2.75, 3.05) is 4.90 Å². The third-order valence-electron chi connectivity index (χ3n) is 5.49. The van der Waals surface area contributed by atoms with E-state index in [4.69, 9.17) is 0 Å². The molecule has 2 aliphatic rings. The van der Waals surface area contributed by atoms with Gasteiger partial charge < -0.3 is 9.64 Å². The van der Waals surface area contributed by atoms with E-state index < -0.39 is 23.7 Å². The first-order chi connectivity index (χ1) is 14.1. The molecule has 6 nitrogen and oxygen atoms in total. The molecule has 9 heteroatoms. The Balaban J connectivity index is 1.61. The van der Waals surface area contributed by atoms with Gasteiger partial charge in [-0.2, -0.15) is 0 Å². The third kappa shape index (κ3) is 3.48. The number of halogens is 3. The highest BCUT2D eigenvalue weighted by Crippen LogP contribution is 2.50. The molecule has 0 atom stereocenters. The summed E-state index contributed by atoms with van der Waals surface area (Å²) in [5, 5.41) is 0. The average molecular weight is 419 g/mol. The van der Waals surface area contributed by atoms with Gasteiger partial charge in [0.2, 0.25) is 0 Å². The summed E-state index contributed by atoms with van der Waals surface area (Å²) in [7, 11) is 0. The highest BCUT2D eigenvalue weighted by atomic mass is 19.4. The summed E-state index contributed by atoms with van der Waals surface area (Å²) in [6, 6.07) is 6.10. The molecule has 30 heavy (non-hydrogen) atoms. The summed E-state index contributed by atoms with van der Waals surface area (Å²) in [4.78, 5) is 33.0. The molecule has 0 bridgehead atoms. The van der Waals surface area contributed by atoms with Crippen molar-refractivity contribution in [3.05, 3.63) is 53.9 Å². The first kappa shape index (κ1) is 20.2. The number of nitrogens with zero attached hydrogens (tertiary/aromatic N) is 3. The molecular weight excluding hydrogens is 399 g/mol. The summed E-state index contributed by atoms with van der Waals surface area (Å²) in [5.41, 5.74) is 1.26. The summed E-state index contributed by atoms with van der Waals surface area (Å²) in [6.07, 6.45) is -0.273. The van der Waals surface area contributed by atoms with Gasteiger partial charge in [0.1, 0.15) is 11.3 Å². The maximum absolute atomic E-state index is 13.2. The molecule has 1 spiro atoms. The average Bonchev–Trinajstić information content (AvgIpc) is 3.45. The van der Waals surface area contributed by atoms with Crippen LogP contribution < -0.4 is 9.64 Å². The zero-order valence-electron chi connectivity index (χ0n) is 16.4. The molecule has 4 rings (SSSR count). The number of amides is 3. The number of rotatable bonds is 5. The van der Waals surface area contributed by atoms with Crippen LogP contribution in [0.5, 0.6) is 5.75 Å². The first-order valence-corrected chi connectivity index (χ1v) is 9.57. The fourth-order valence-corrected chi connectivity index (χ4v) is 3.83. The van der Waals surface area contributed by atoms with E-state index in [1.165, 1.54) is 12.1 Å². The van der Waals surface area contributed by atoms with E-state index in [1.54, 1.807) is 17.3 Å². The van der Waals surface area contributed by atoms with Crippen molar-refractivity contribution >= 4 is 17.6 Å². The molecule has 1 saturated heterocycles. The highest BCUT2D eigenvalue weighted by Gasteiger charge is 2.65. The second kappa shape index (κ2) is 7.00. The maximum Gasteiger partial charge on any atom is 0.573 e. The number of hydrogen-bond donors (Lipinski definition) is 0. The third-order valence-corrected chi connectivity index (χ3v) is 5.49. The van der Waals surface area contributed by atoms with E-state index in [9.17, 15) is 22.8 Å². The molecular formula is C21H20F3N3O3. The van der Waals surface area contributed by atoms with E-state index in [-0.39, 0.29) is 24.1 Å².